The highest BCUT2D eigenvalue weighted by molar-refractivity contribution is 6.27. The summed E-state index contributed by atoms with van der Waals surface area (Å²) in [7, 11) is 0. The van der Waals surface area contributed by atoms with Crippen LogP contribution in [0.1, 0.15) is 70.7 Å². The Balaban J connectivity index is 2.18. The number of carboxylic acids is 1. The molecule has 1 aliphatic heterocycles. The van der Waals surface area contributed by atoms with E-state index in [4.69, 9.17) is 5.11 Å². The Kier molecular flexibility index (Phi) is 4.33. The van der Waals surface area contributed by atoms with Gasteiger partial charge in [-0.15, -0.1) is 0 Å². The number of carboxylic acid groups (broad SMARTS) is 1. The van der Waals surface area contributed by atoms with Crippen LogP contribution in [0, 0.1) is 0 Å². The number of hydrogen-bond donors (Lipinski definition) is 2. The molecule has 2 heterocycles. The maximum atomic E-state index is 13.4. The number of carbonyl (C=O) groups excluding carboxylic acids is 2. The molecule has 0 amide bonds. The Morgan fingerprint density at radius 1 is 1.15 bits per heavy atom. The first-order valence-electron chi connectivity index (χ1n) is 9.06. The standard InChI is InChI=1S/C20H25NO5/c1-19(2,3)14-8-6-12-17(25)16(13(22)7-9-15(23)24)18(26)20(21(12)14)10-4-5-11-20/h6,8,25H,4-5,7,9-11H2,1-3H3,(H,23,24). The third kappa shape index (κ3) is 2.68. The van der Waals surface area contributed by atoms with Crippen molar-refractivity contribution in [2.75, 3.05) is 0 Å². The summed E-state index contributed by atoms with van der Waals surface area (Å²) in [4.78, 5) is 36.7. The van der Waals surface area contributed by atoms with Gasteiger partial charge in [-0.1, -0.05) is 33.6 Å². The van der Waals surface area contributed by atoms with Gasteiger partial charge in [0.2, 0.25) is 0 Å². The summed E-state index contributed by atoms with van der Waals surface area (Å²) in [6.07, 6.45) is 2.36. The van der Waals surface area contributed by atoms with Crippen LogP contribution in [0.15, 0.2) is 17.7 Å². The van der Waals surface area contributed by atoms with Crippen molar-refractivity contribution in [3.63, 3.8) is 0 Å². The molecule has 0 aromatic carbocycles. The average Bonchev–Trinajstić information content (AvgIpc) is 3.18. The molecular formula is C20H25NO5. The van der Waals surface area contributed by atoms with Gasteiger partial charge in [0.05, 0.1) is 12.1 Å². The highest BCUT2D eigenvalue weighted by atomic mass is 16.4. The highest BCUT2D eigenvalue weighted by Gasteiger charge is 2.52. The number of nitrogens with zero attached hydrogens (tertiary/aromatic N) is 1. The van der Waals surface area contributed by atoms with Crippen LogP contribution in [0.3, 0.4) is 0 Å². The van der Waals surface area contributed by atoms with Crippen LogP contribution in [-0.2, 0) is 25.3 Å². The molecule has 1 aromatic heterocycles. The van der Waals surface area contributed by atoms with Crippen LogP contribution >= 0.6 is 0 Å². The van der Waals surface area contributed by atoms with Crippen LogP contribution in [0.5, 0.6) is 0 Å². The monoisotopic (exact) mass is 359 g/mol. The van der Waals surface area contributed by atoms with E-state index in [1.165, 1.54) is 0 Å². The predicted octanol–water partition coefficient (Wildman–Crippen LogP) is 3.34. The van der Waals surface area contributed by atoms with Crippen molar-refractivity contribution >= 4 is 23.3 Å². The van der Waals surface area contributed by atoms with E-state index in [2.05, 4.69) is 20.8 Å². The number of rotatable bonds is 4. The lowest BCUT2D eigenvalue weighted by Gasteiger charge is -2.39. The molecule has 0 atom stereocenters. The number of hydrogen-bond acceptors (Lipinski definition) is 4. The first-order valence-corrected chi connectivity index (χ1v) is 9.06. The smallest absolute Gasteiger partial charge is 0.303 e. The van der Waals surface area contributed by atoms with Crippen molar-refractivity contribution in [1.82, 2.24) is 4.57 Å². The molecule has 0 bridgehead atoms. The van der Waals surface area contributed by atoms with E-state index in [1.54, 1.807) is 6.07 Å². The fourth-order valence-corrected chi connectivity index (χ4v) is 4.25. The second-order valence-electron chi connectivity index (χ2n) is 8.30. The molecule has 0 radical (unpaired) electrons. The molecule has 140 valence electrons. The lowest BCUT2D eigenvalue weighted by atomic mass is 9.79. The number of aliphatic hydroxyl groups excluding tert-OH is 1. The topological polar surface area (TPSA) is 96.6 Å². The normalized spacial score (nSPS) is 19.1. The maximum absolute atomic E-state index is 13.4. The van der Waals surface area contributed by atoms with Gasteiger partial charge in [-0.05, 0) is 25.0 Å². The zero-order chi connectivity index (χ0) is 19.3. The van der Waals surface area contributed by atoms with E-state index in [1.807, 2.05) is 10.6 Å². The number of Topliss-reactive ketones (excluding diaryl/α,β-unsaturated/α-hetero) is 2. The van der Waals surface area contributed by atoms with Gasteiger partial charge in [-0.2, -0.15) is 0 Å². The molecule has 26 heavy (non-hydrogen) atoms. The molecule has 6 heteroatoms. The van der Waals surface area contributed by atoms with E-state index in [0.717, 1.165) is 18.5 Å². The molecule has 6 nitrogen and oxygen atoms in total. The van der Waals surface area contributed by atoms with Gasteiger partial charge < -0.3 is 14.8 Å². The fourth-order valence-electron chi connectivity index (χ4n) is 4.25. The van der Waals surface area contributed by atoms with E-state index in [0.29, 0.717) is 18.5 Å². The van der Waals surface area contributed by atoms with Crippen LogP contribution in [0.2, 0.25) is 0 Å². The number of ketones is 2. The largest absolute Gasteiger partial charge is 0.505 e. The number of aromatic nitrogens is 1. The quantitative estimate of drug-likeness (QED) is 0.804. The van der Waals surface area contributed by atoms with Crippen LogP contribution < -0.4 is 0 Å². The summed E-state index contributed by atoms with van der Waals surface area (Å²) in [6, 6.07) is 3.66. The fraction of sp³-hybridized carbons (Fsp3) is 0.550. The lowest BCUT2D eigenvalue weighted by Crippen LogP contribution is -2.47. The Labute approximate surface area is 152 Å². The third-order valence-corrected chi connectivity index (χ3v) is 5.48. The molecule has 0 unspecified atom stereocenters. The molecule has 3 rings (SSSR count). The first-order chi connectivity index (χ1) is 12.1. The number of carbonyl (C=O) groups is 3. The van der Waals surface area contributed by atoms with Crippen molar-refractivity contribution < 1.29 is 24.6 Å². The van der Waals surface area contributed by atoms with E-state index >= 15 is 0 Å². The van der Waals surface area contributed by atoms with Crippen molar-refractivity contribution in [1.29, 1.82) is 0 Å². The molecule has 1 aliphatic carbocycles. The zero-order valence-electron chi connectivity index (χ0n) is 15.5. The van der Waals surface area contributed by atoms with Gasteiger partial charge in [-0.25, -0.2) is 0 Å². The summed E-state index contributed by atoms with van der Waals surface area (Å²) in [6.45, 7) is 6.16. The molecule has 2 aliphatic rings. The first kappa shape index (κ1) is 18.4. The molecule has 1 spiro atoms. The summed E-state index contributed by atoms with van der Waals surface area (Å²) in [5.74, 6) is -2.38. The van der Waals surface area contributed by atoms with E-state index < -0.39 is 17.3 Å². The van der Waals surface area contributed by atoms with E-state index in [-0.39, 0.29) is 35.4 Å². The Bertz CT molecular complexity index is 816. The molecule has 2 N–H and O–H groups in total. The van der Waals surface area contributed by atoms with E-state index in [9.17, 15) is 19.5 Å². The van der Waals surface area contributed by atoms with Gasteiger partial charge in [0.1, 0.15) is 11.1 Å². The zero-order valence-corrected chi connectivity index (χ0v) is 15.5. The highest BCUT2D eigenvalue weighted by Crippen LogP contribution is 2.48. The van der Waals surface area contributed by atoms with Gasteiger partial charge in [0.25, 0.3) is 0 Å². The van der Waals surface area contributed by atoms with Gasteiger partial charge in [-0.3, -0.25) is 14.4 Å². The minimum atomic E-state index is -1.10. The SMILES string of the molecule is CC(C)(C)c1ccc2n1C1(CCCC1)C(=O)C(C(=O)CCC(=O)O)=C2O. The van der Waals surface area contributed by atoms with Crippen LogP contribution in [0.4, 0.5) is 0 Å². The summed E-state index contributed by atoms with van der Waals surface area (Å²) in [5, 5.41) is 19.5. The van der Waals surface area contributed by atoms with Gasteiger partial charge >= 0.3 is 5.97 Å². The number of fused-ring (bicyclic) bond motifs is 2. The molecule has 0 saturated heterocycles. The second-order valence-corrected chi connectivity index (χ2v) is 8.30. The number of aliphatic hydroxyl groups is 1. The van der Waals surface area contributed by atoms with Crippen LogP contribution in [0.25, 0.3) is 5.76 Å². The average molecular weight is 359 g/mol. The Morgan fingerprint density at radius 2 is 1.77 bits per heavy atom. The van der Waals surface area contributed by atoms with Crippen molar-refractivity contribution in [2.24, 2.45) is 0 Å². The van der Waals surface area contributed by atoms with Crippen molar-refractivity contribution in [3.8, 4) is 0 Å². The van der Waals surface area contributed by atoms with Crippen molar-refractivity contribution in [2.45, 2.75) is 70.3 Å². The summed E-state index contributed by atoms with van der Waals surface area (Å²) < 4.78 is 1.94. The molecule has 1 fully saturated rings. The number of allylic oxidation sites excluding steroid dienone is 1. The minimum Gasteiger partial charge on any atom is -0.505 e. The van der Waals surface area contributed by atoms with Crippen LogP contribution in [-0.4, -0.2) is 32.3 Å². The Hall–Kier alpha value is -2.37. The second kappa shape index (κ2) is 6.11. The predicted molar refractivity (Wildman–Crippen MR) is 96.0 cm³/mol. The molecule has 1 aromatic rings. The van der Waals surface area contributed by atoms with Gasteiger partial charge in [0.15, 0.2) is 17.3 Å². The summed E-state index contributed by atoms with van der Waals surface area (Å²) >= 11 is 0. The lowest BCUT2D eigenvalue weighted by molar-refractivity contribution is -0.138. The summed E-state index contributed by atoms with van der Waals surface area (Å²) in [5.41, 5.74) is 0.141. The Morgan fingerprint density at radius 3 is 2.31 bits per heavy atom. The maximum Gasteiger partial charge on any atom is 0.303 e. The molecule has 1 saturated carbocycles. The third-order valence-electron chi connectivity index (χ3n) is 5.48. The van der Waals surface area contributed by atoms with Gasteiger partial charge in [0, 0.05) is 17.5 Å². The molecular weight excluding hydrogens is 334 g/mol. The van der Waals surface area contributed by atoms with Crippen molar-refractivity contribution in [3.05, 3.63) is 29.1 Å². The minimum absolute atomic E-state index is 0.223. The number of aliphatic carboxylic acids is 1.